The Kier molecular flexibility index (Phi) is 6.39. The average molecular weight is 344 g/mol. The molecule has 2 fully saturated rings. The van der Waals surface area contributed by atoms with Crippen LogP contribution < -0.4 is 0 Å². The number of ether oxygens (including phenoxy) is 2. The number of aliphatic hydroxyl groups excluding tert-OH is 3. The van der Waals surface area contributed by atoms with Crippen molar-refractivity contribution in [3.05, 3.63) is 11.6 Å². The molecule has 7 nitrogen and oxygen atoms in total. The van der Waals surface area contributed by atoms with Crippen LogP contribution in [0.4, 0.5) is 0 Å². The summed E-state index contributed by atoms with van der Waals surface area (Å²) in [5.41, 5.74) is 0.577. The van der Waals surface area contributed by atoms with Crippen molar-refractivity contribution in [2.75, 3.05) is 6.61 Å². The third kappa shape index (κ3) is 4.77. The Morgan fingerprint density at radius 1 is 1.25 bits per heavy atom. The highest BCUT2D eigenvalue weighted by molar-refractivity contribution is 5.80. The molecule has 0 spiro atoms. The Morgan fingerprint density at radius 2 is 1.92 bits per heavy atom. The van der Waals surface area contributed by atoms with Crippen LogP contribution >= 0.6 is 0 Å². The maximum Gasteiger partial charge on any atom is 0.328 e. The molecule has 0 bridgehead atoms. The van der Waals surface area contributed by atoms with Crippen molar-refractivity contribution in [1.29, 1.82) is 0 Å². The lowest BCUT2D eigenvalue weighted by Gasteiger charge is -2.37. The van der Waals surface area contributed by atoms with Gasteiger partial charge >= 0.3 is 5.97 Å². The van der Waals surface area contributed by atoms with Gasteiger partial charge in [-0.1, -0.05) is 12.5 Å². The Balaban J connectivity index is 1.84. The molecular weight excluding hydrogens is 316 g/mol. The maximum atomic E-state index is 10.7. The fourth-order valence-corrected chi connectivity index (χ4v) is 3.30. The van der Waals surface area contributed by atoms with Crippen LogP contribution in [0.1, 0.15) is 33.6 Å². The predicted octanol–water partition coefficient (Wildman–Crippen LogP) is 0.319. The van der Waals surface area contributed by atoms with Gasteiger partial charge in [0.15, 0.2) is 0 Å². The molecule has 0 aromatic rings. The average Bonchev–Trinajstić information content (AvgIpc) is 3.24. The quantitative estimate of drug-likeness (QED) is 0.388. The molecule has 2 aliphatic heterocycles. The van der Waals surface area contributed by atoms with Crippen molar-refractivity contribution < 1.29 is 34.7 Å². The molecule has 0 aromatic heterocycles. The second-order valence-corrected chi connectivity index (χ2v) is 7.12. The maximum absolute atomic E-state index is 10.7. The van der Waals surface area contributed by atoms with Crippen LogP contribution in [0.25, 0.3) is 0 Å². The molecule has 2 heterocycles. The monoisotopic (exact) mass is 344 g/mol. The Hall–Kier alpha value is -0.990. The fourth-order valence-electron chi connectivity index (χ4n) is 3.30. The highest BCUT2D eigenvalue weighted by Crippen LogP contribution is 2.38. The zero-order chi connectivity index (χ0) is 18.0. The van der Waals surface area contributed by atoms with Gasteiger partial charge < -0.3 is 29.9 Å². The van der Waals surface area contributed by atoms with E-state index in [1.807, 2.05) is 6.92 Å². The first kappa shape index (κ1) is 19.3. The second kappa shape index (κ2) is 7.93. The van der Waals surface area contributed by atoms with Gasteiger partial charge in [-0.05, 0) is 26.7 Å². The molecule has 138 valence electrons. The lowest BCUT2D eigenvalue weighted by atomic mass is 9.85. The van der Waals surface area contributed by atoms with Crippen LogP contribution in [-0.4, -0.2) is 69.6 Å². The Labute approximate surface area is 141 Å². The summed E-state index contributed by atoms with van der Waals surface area (Å²) in [6.45, 7) is 5.59. The Bertz CT molecular complexity index is 476. The van der Waals surface area contributed by atoms with Gasteiger partial charge in [-0.3, -0.25) is 0 Å². The van der Waals surface area contributed by atoms with E-state index in [1.54, 1.807) is 13.8 Å². The summed E-state index contributed by atoms with van der Waals surface area (Å²) < 4.78 is 11.2. The number of carboxylic acid groups (broad SMARTS) is 1. The van der Waals surface area contributed by atoms with Crippen molar-refractivity contribution in [2.24, 2.45) is 11.8 Å². The van der Waals surface area contributed by atoms with Gasteiger partial charge in [0, 0.05) is 17.9 Å². The van der Waals surface area contributed by atoms with Crippen molar-refractivity contribution in [3.8, 4) is 0 Å². The minimum Gasteiger partial charge on any atom is -0.478 e. The summed E-state index contributed by atoms with van der Waals surface area (Å²) in [6, 6.07) is 0. The smallest absolute Gasteiger partial charge is 0.328 e. The molecule has 0 aliphatic carbocycles. The van der Waals surface area contributed by atoms with E-state index in [4.69, 9.17) is 14.6 Å². The number of aliphatic hydroxyl groups is 3. The van der Waals surface area contributed by atoms with Gasteiger partial charge in [0.1, 0.15) is 6.10 Å². The number of epoxide rings is 1. The summed E-state index contributed by atoms with van der Waals surface area (Å²) in [5, 5.41) is 38.9. The third-order valence-corrected chi connectivity index (χ3v) is 5.07. The molecule has 0 aromatic carbocycles. The van der Waals surface area contributed by atoms with Crippen LogP contribution in [0.2, 0.25) is 0 Å². The number of hydrogen-bond donors (Lipinski definition) is 4. The van der Waals surface area contributed by atoms with Gasteiger partial charge in [0.25, 0.3) is 0 Å². The van der Waals surface area contributed by atoms with Gasteiger partial charge in [0.2, 0.25) is 0 Å². The zero-order valence-electron chi connectivity index (χ0n) is 14.3. The minimum absolute atomic E-state index is 0.0205. The normalized spacial score (nSPS) is 39.3. The largest absolute Gasteiger partial charge is 0.478 e. The van der Waals surface area contributed by atoms with Gasteiger partial charge in [-0.2, -0.15) is 0 Å². The number of hydrogen-bond acceptors (Lipinski definition) is 6. The SMILES string of the molecule is C/C(=C\C(=O)O)C[C@@H]1OC[C@H](C[C@@H]2O[C@H]2[C@@H](C)[C@H](C)O)C(O)C1O. The standard InChI is InChI=1S/C17H28O7/c1-8(5-14(19)20)4-12-16(22)15(21)11(7-23-12)6-13-17(24-13)9(2)10(3)18/h5,9-13,15-18,21-22H,4,6-7H2,1-3H3,(H,19,20)/b8-5+/t9-,10-,11-,12-,13-,15?,16?,17-/m0/s1. The van der Waals surface area contributed by atoms with Crippen molar-refractivity contribution in [2.45, 2.75) is 70.2 Å². The molecule has 2 unspecified atom stereocenters. The molecule has 2 aliphatic rings. The molecule has 24 heavy (non-hydrogen) atoms. The van der Waals surface area contributed by atoms with Gasteiger partial charge in [-0.25, -0.2) is 4.79 Å². The number of carboxylic acids is 1. The van der Waals surface area contributed by atoms with E-state index in [0.717, 1.165) is 6.08 Å². The number of rotatable bonds is 7. The van der Waals surface area contributed by atoms with E-state index in [1.165, 1.54) is 0 Å². The van der Waals surface area contributed by atoms with Crippen LogP contribution in [-0.2, 0) is 14.3 Å². The van der Waals surface area contributed by atoms with Crippen molar-refractivity contribution in [3.63, 3.8) is 0 Å². The minimum atomic E-state index is -1.06. The number of carbonyl (C=O) groups is 1. The van der Waals surface area contributed by atoms with Crippen LogP contribution in [0.3, 0.4) is 0 Å². The summed E-state index contributed by atoms with van der Waals surface area (Å²) in [4.78, 5) is 10.7. The highest BCUT2D eigenvalue weighted by Gasteiger charge is 2.48. The zero-order valence-corrected chi connectivity index (χ0v) is 14.3. The van der Waals surface area contributed by atoms with E-state index in [-0.39, 0.29) is 30.5 Å². The first-order valence-corrected chi connectivity index (χ1v) is 8.42. The molecule has 2 rings (SSSR count). The van der Waals surface area contributed by atoms with E-state index in [9.17, 15) is 20.1 Å². The molecule has 7 heteroatoms. The van der Waals surface area contributed by atoms with Gasteiger partial charge in [0.05, 0.1) is 37.1 Å². The number of aliphatic carboxylic acids is 1. The van der Waals surface area contributed by atoms with E-state index < -0.39 is 30.4 Å². The molecule has 2 saturated heterocycles. The molecular formula is C17H28O7. The van der Waals surface area contributed by atoms with E-state index in [0.29, 0.717) is 18.6 Å². The fraction of sp³-hybridized carbons (Fsp3) is 0.824. The third-order valence-electron chi connectivity index (χ3n) is 5.07. The molecule has 4 N–H and O–H groups in total. The predicted molar refractivity (Wildman–Crippen MR) is 85.4 cm³/mol. The van der Waals surface area contributed by atoms with Crippen molar-refractivity contribution in [1.82, 2.24) is 0 Å². The topological polar surface area (TPSA) is 120 Å². The lowest BCUT2D eigenvalue weighted by Crippen LogP contribution is -2.50. The molecule has 8 atom stereocenters. The first-order chi connectivity index (χ1) is 11.2. The highest BCUT2D eigenvalue weighted by atomic mass is 16.6. The van der Waals surface area contributed by atoms with E-state index >= 15 is 0 Å². The first-order valence-electron chi connectivity index (χ1n) is 8.42. The molecule has 0 amide bonds. The molecule has 0 radical (unpaired) electrons. The van der Waals surface area contributed by atoms with Crippen LogP contribution in [0, 0.1) is 11.8 Å². The van der Waals surface area contributed by atoms with Crippen LogP contribution in [0.15, 0.2) is 11.6 Å². The molecule has 0 saturated carbocycles. The lowest BCUT2D eigenvalue weighted by molar-refractivity contribution is -0.165. The summed E-state index contributed by atoms with van der Waals surface area (Å²) in [7, 11) is 0. The van der Waals surface area contributed by atoms with E-state index in [2.05, 4.69) is 0 Å². The summed E-state index contributed by atoms with van der Waals surface area (Å²) in [5.74, 6) is -1.25. The Morgan fingerprint density at radius 3 is 2.50 bits per heavy atom. The summed E-state index contributed by atoms with van der Waals surface area (Å²) >= 11 is 0. The second-order valence-electron chi connectivity index (χ2n) is 7.12. The van der Waals surface area contributed by atoms with Crippen molar-refractivity contribution >= 4 is 5.97 Å². The summed E-state index contributed by atoms with van der Waals surface area (Å²) in [6.07, 6.45) is -1.21. The van der Waals surface area contributed by atoms with Crippen LogP contribution in [0.5, 0.6) is 0 Å². The van der Waals surface area contributed by atoms with Gasteiger partial charge in [-0.15, -0.1) is 0 Å².